The van der Waals surface area contributed by atoms with Crippen molar-refractivity contribution in [3.8, 4) is 0 Å². The van der Waals surface area contributed by atoms with Crippen molar-refractivity contribution < 1.29 is 97.0 Å². The van der Waals surface area contributed by atoms with Crippen molar-refractivity contribution in [2.24, 2.45) is 0 Å². The second kappa shape index (κ2) is 52.9. The van der Waals surface area contributed by atoms with E-state index in [1.165, 1.54) is 36.7 Å². The van der Waals surface area contributed by atoms with Crippen molar-refractivity contribution in [2.75, 3.05) is 146 Å². The van der Waals surface area contributed by atoms with Gasteiger partial charge < -0.3 is 114 Å². The van der Waals surface area contributed by atoms with Gasteiger partial charge in [0.15, 0.2) is 22.3 Å². The maximum absolute atomic E-state index is 13.1. The number of nitrogens with two attached hydrogens (primary N) is 2. The molecule has 6 aromatic rings. The molecule has 652 valence electrons. The number of H-pyrrole nitrogens is 2. The highest BCUT2D eigenvalue weighted by Crippen LogP contribution is 2.16. The minimum atomic E-state index is -1.42. The minimum Gasteiger partial charge on any atom is -0.481 e. The predicted octanol–water partition coefficient (Wildman–Crippen LogP) is -2.80. The monoisotopic (exact) mass is 1700 g/mol. The number of anilines is 4. The summed E-state index contributed by atoms with van der Waals surface area (Å²) in [7, 11) is 0. The van der Waals surface area contributed by atoms with Crippen LogP contribution in [-0.2, 0) is 80.0 Å². The molecule has 0 aliphatic heterocycles. The molecule has 46 heteroatoms. The molecular weight excluding hydrogens is 1600 g/mol. The van der Waals surface area contributed by atoms with E-state index in [9.17, 15) is 82.1 Å². The van der Waals surface area contributed by atoms with Crippen molar-refractivity contribution in [3.63, 3.8) is 0 Å². The van der Waals surface area contributed by atoms with Crippen molar-refractivity contribution in [3.05, 3.63) is 104 Å². The lowest BCUT2D eigenvalue weighted by Crippen LogP contribution is -2.49. The van der Waals surface area contributed by atoms with Crippen LogP contribution in [0.4, 0.5) is 23.3 Å². The van der Waals surface area contributed by atoms with Crippen LogP contribution in [0.5, 0.6) is 0 Å². The topological polar surface area (TPSA) is 664 Å². The number of hydrogen-bond donors (Lipinski definition) is 20. The number of aromatic amines is 2. The first-order chi connectivity index (χ1) is 57.6. The van der Waals surface area contributed by atoms with Crippen molar-refractivity contribution >= 4 is 135 Å². The fourth-order valence-corrected chi connectivity index (χ4v) is 11.4. The number of thiol groups is 1. The highest BCUT2D eigenvalue weighted by atomic mass is 32.1. The number of carbonyl (C=O) groups excluding carboxylic acids is 9. The normalized spacial score (nSPS) is 11.9. The van der Waals surface area contributed by atoms with Crippen LogP contribution in [0.1, 0.15) is 116 Å². The summed E-state index contributed by atoms with van der Waals surface area (Å²) >= 11 is 4.15. The summed E-state index contributed by atoms with van der Waals surface area (Å²) in [6.07, 6.45) is 2.55. The van der Waals surface area contributed by atoms with E-state index < -0.39 is 88.6 Å². The Balaban J connectivity index is 0.850. The molecule has 21 N–H and O–H groups in total. The molecule has 2 aromatic carbocycles. The Morgan fingerprint density at radius 2 is 0.808 bits per heavy atom. The number of benzene rings is 2. The van der Waals surface area contributed by atoms with Gasteiger partial charge in [0, 0.05) is 159 Å². The molecule has 4 aromatic heterocycles. The molecule has 45 nitrogen and oxygen atoms in total. The first kappa shape index (κ1) is 96.2. The van der Waals surface area contributed by atoms with E-state index in [4.69, 9.17) is 35.9 Å². The van der Waals surface area contributed by atoms with E-state index >= 15 is 0 Å². The zero-order valence-corrected chi connectivity index (χ0v) is 66.8. The van der Waals surface area contributed by atoms with Crippen LogP contribution in [0.15, 0.2) is 70.5 Å². The number of carboxylic acids is 4. The van der Waals surface area contributed by atoms with Crippen molar-refractivity contribution in [1.82, 2.24) is 97.5 Å². The van der Waals surface area contributed by atoms with Gasteiger partial charge in [-0.1, -0.05) is 0 Å². The summed E-state index contributed by atoms with van der Waals surface area (Å²) < 4.78 is 17.0. The minimum absolute atomic E-state index is 0.00578. The van der Waals surface area contributed by atoms with Crippen LogP contribution < -0.4 is 81.1 Å². The van der Waals surface area contributed by atoms with E-state index in [-0.39, 0.29) is 244 Å². The number of amides is 9. The van der Waals surface area contributed by atoms with Gasteiger partial charge in [-0.2, -0.15) is 22.6 Å². The molecule has 0 saturated heterocycles. The Hall–Kier alpha value is -12.7. The fraction of sp³-hybridized carbons (Fsp3) is 0.500. The summed E-state index contributed by atoms with van der Waals surface area (Å²) in [6.45, 7) is 3.62. The standard InChI is InChI=1S/C74H103N23O22S/c75-73-92-64-62(69(111)94-73)85-42-49(87-64)40-83-47-10-6-45(7-11-47)66(108)90-51(71(113)114)14-16-55(99)78-23-25-80-57(101)18-29-96(28-3-35-118-37-39-119-38-36-117-34-2-22-77-54(98)4-1-5-59(103)89-53(44-120)68(110)82-27-33-97(31-20-60(104)105)32-21-61(106)107)30-19-58(102)81-26-24-79-56(100)17-15-52(72(115)116)91-67(109)46-8-12-48(13-9-46)84-41-50-43-86-63-65(88-50)93-74(76)95-70(63)112/h6-13,42-43,51-53,83-84,120H,1-5,14-41,44H2,(H,77,98)(H,78,99)(H,79,100)(H,80,101)(H,81,102)(H,82,110)(H,89,103)(H,90,108)(H,91,109)(H,104,105)(H,106,107)(H,113,114)(H,115,116)(H3,75,87,92,94,111)(H3,76,88,93,95,112)/t51?,52?,53-/m0/s1. The zero-order chi connectivity index (χ0) is 87.1. The Bertz CT molecular complexity index is 4310. The van der Waals surface area contributed by atoms with Crippen molar-refractivity contribution in [1.29, 1.82) is 0 Å². The molecule has 0 spiro atoms. The Labute approximate surface area is 691 Å². The number of aromatic nitrogens is 8. The van der Waals surface area contributed by atoms with Crippen molar-refractivity contribution in [2.45, 2.75) is 115 Å². The molecule has 0 saturated carbocycles. The number of nitrogen functional groups attached to an aromatic ring is 2. The highest BCUT2D eigenvalue weighted by molar-refractivity contribution is 7.80. The Kier molecular flexibility index (Phi) is 42.4. The van der Waals surface area contributed by atoms with Crippen LogP contribution in [0.25, 0.3) is 22.3 Å². The van der Waals surface area contributed by atoms with Gasteiger partial charge >= 0.3 is 23.9 Å². The lowest BCUT2D eigenvalue weighted by atomic mass is 10.1. The predicted molar refractivity (Wildman–Crippen MR) is 435 cm³/mol. The number of nitrogens with zero attached hydrogens (tertiary/aromatic N) is 8. The summed E-state index contributed by atoms with van der Waals surface area (Å²) in [4.78, 5) is 219. The second-order valence-corrected chi connectivity index (χ2v) is 27.2. The van der Waals surface area contributed by atoms with Gasteiger partial charge in [-0.15, -0.1) is 0 Å². The number of aliphatic carboxylic acids is 4. The van der Waals surface area contributed by atoms with Gasteiger partial charge in [-0.25, -0.2) is 29.5 Å². The smallest absolute Gasteiger partial charge is 0.326 e. The Morgan fingerprint density at radius 3 is 1.24 bits per heavy atom. The van der Waals surface area contributed by atoms with Gasteiger partial charge in [0.05, 0.1) is 76.1 Å². The van der Waals surface area contributed by atoms with Crippen LogP contribution in [0.3, 0.4) is 0 Å². The number of ether oxygens (including phenoxy) is 3. The number of rotatable bonds is 60. The lowest BCUT2D eigenvalue weighted by Gasteiger charge is -2.22. The first-order valence-electron chi connectivity index (χ1n) is 38.5. The molecule has 9 amide bonds. The third-order valence-corrected chi connectivity index (χ3v) is 17.9. The van der Waals surface area contributed by atoms with Crippen LogP contribution in [-0.4, -0.2) is 289 Å². The van der Waals surface area contributed by atoms with E-state index in [1.54, 1.807) is 29.2 Å². The molecule has 2 unspecified atom stereocenters. The largest absolute Gasteiger partial charge is 0.481 e. The molecule has 4 heterocycles. The van der Waals surface area contributed by atoms with Gasteiger partial charge in [0.2, 0.25) is 53.2 Å². The van der Waals surface area contributed by atoms with E-state index in [1.807, 2.05) is 4.90 Å². The fourth-order valence-electron chi connectivity index (χ4n) is 11.1. The van der Waals surface area contributed by atoms with Gasteiger partial charge in [0.25, 0.3) is 22.9 Å². The molecule has 0 aliphatic rings. The zero-order valence-electron chi connectivity index (χ0n) is 65.9. The summed E-state index contributed by atoms with van der Waals surface area (Å²) in [5, 5.41) is 67.5. The number of hydrogen-bond acceptors (Lipinski definition) is 31. The molecule has 120 heavy (non-hydrogen) atoms. The third-order valence-electron chi connectivity index (χ3n) is 17.5. The lowest BCUT2D eigenvalue weighted by molar-refractivity contribution is -0.140. The number of carbonyl (C=O) groups is 13. The SMILES string of the molecule is Nc1nc2nc(CNc3ccc(C(=O)NC(CCC(=O)NCCNC(=O)CCN(CCCOCCOCCOCCCNC(=O)CCCC(=O)N[C@@H](CS)C(=O)NCCN(CCC(=O)O)CCC(=O)O)CCC(=O)NCCNC(=O)CCC(NC(=O)c4ccc(NCc5cnc6c(=O)[nH]c(N)nc6n5)cc4)C(=O)O)C(=O)O)cc3)cnc2c(=O)[nH]1. The molecule has 3 atom stereocenters. The molecule has 0 bridgehead atoms. The maximum Gasteiger partial charge on any atom is 0.326 e. The quantitative estimate of drug-likeness (QED) is 0.0135. The highest BCUT2D eigenvalue weighted by Gasteiger charge is 2.26. The second-order valence-electron chi connectivity index (χ2n) is 26.8. The molecule has 0 aliphatic carbocycles. The molecule has 0 fully saturated rings. The average molecular weight is 1700 g/mol. The molecule has 6 rings (SSSR count). The van der Waals surface area contributed by atoms with Gasteiger partial charge in [-0.3, -0.25) is 72.3 Å². The van der Waals surface area contributed by atoms with Crippen LogP contribution >= 0.6 is 12.6 Å². The number of carboxylic acid groups (broad SMARTS) is 4. The van der Waals surface area contributed by atoms with Crippen LogP contribution in [0.2, 0.25) is 0 Å². The van der Waals surface area contributed by atoms with E-state index in [0.717, 1.165) is 0 Å². The molecular formula is C74H103N23O22S. The van der Waals surface area contributed by atoms with E-state index in [2.05, 4.69) is 111 Å². The maximum atomic E-state index is 13.1. The Morgan fingerprint density at radius 1 is 0.417 bits per heavy atom. The summed E-state index contributed by atoms with van der Waals surface area (Å²) in [5.41, 5.74) is 12.7. The number of fused-ring (bicyclic) bond motifs is 2. The van der Waals surface area contributed by atoms with Crippen LogP contribution in [0, 0.1) is 0 Å². The third kappa shape index (κ3) is 37.7. The van der Waals surface area contributed by atoms with Gasteiger partial charge in [-0.05, 0) is 80.6 Å². The first-order valence-corrected chi connectivity index (χ1v) is 39.2. The summed E-state index contributed by atoms with van der Waals surface area (Å²) in [6, 6.07) is 8.39. The molecule has 0 radical (unpaired) electrons. The van der Waals surface area contributed by atoms with E-state index in [0.29, 0.717) is 61.9 Å². The summed E-state index contributed by atoms with van der Waals surface area (Å²) in [5.74, 6) is -9.55. The number of nitrogens with one attached hydrogen (secondary N) is 13. The average Bonchev–Trinajstić information content (AvgIpc) is 0.812. The van der Waals surface area contributed by atoms with Gasteiger partial charge in [0.1, 0.15) is 18.1 Å².